The molecule has 1 fully saturated rings. The van der Waals surface area contributed by atoms with Gasteiger partial charge in [-0.25, -0.2) is 0 Å². The van der Waals surface area contributed by atoms with Crippen molar-refractivity contribution in [2.45, 2.75) is 52.9 Å². The summed E-state index contributed by atoms with van der Waals surface area (Å²) >= 11 is 0. The van der Waals surface area contributed by atoms with Crippen LogP contribution in [-0.2, 0) is 0 Å². The molecule has 0 N–H and O–H groups in total. The number of hydrogen-bond acceptors (Lipinski definition) is 0. The molecule has 0 heterocycles. The SMILES string of the molecule is C=C(C)C1=CC(C2CCC3=CC2(C)C3)=C(C)CC1. The summed E-state index contributed by atoms with van der Waals surface area (Å²) in [4.78, 5) is 0. The molecule has 2 bridgehead atoms. The fourth-order valence-corrected chi connectivity index (χ4v) is 4.07. The van der Waals surface area contributed by atoms with Crippen molar-refractivity contribution in [1.82, 2.24) is 0 Å². The minimum absolute atomic E-state index is 0.457. The second-order valence-corrected chi connectivity index (χ2v) is 6.76. The van der Waals surface area contributed by atoms with Gasteiger partial charge in [0, 0.05) is 0 Å². The summed E-state index contributed by atoms with van der Waals surface area (Å²) < 4.78 is 0. The number of allylic oxidation sites excluding steroid dienone is 7. The topological polar surface area (TPSA) is 0 Å². The second-order valence-electron chi connectivity index (χ2n) is 6.76. The predicted molar refractivity (Wildman–Crippen MR) is 78.4 cm³/mol. The van der Waals surface area contributed by atoms with Crippen LogP contribution >= 0.6 is 0 Å². The molecule has 0 amide bonds. The number of fused-ring (bicyclic) bond motifs is 2. The molecule has 0 saturated heterocycles. The third-order valence-electron chi connectivity index (χ3n) is 5.21. The van der Waals surface area contributed by atoms with Crippen LogP contribution in [0.1, 0.15) is 52.9 Å². The Morgan fingerprint density at radius 2 is 2.06 bits per heavy atom. The van der Waals surface area contributed by atoms with Crippen molar-refractivity contribution in [3.8, 4) is 0 Å². The summed E-state index contributed by atoms with van der Waals surface area (Å²) in [5.41, 5.74) is 8.15. The van der Waals surface area contributed by atoms with Gasteiger partial charge in [-0.15, -0.1) is 0 Å². The van der Waals surface area contributed by atoms with Crippen molar-refractivity contribution in [3.63, 3.8) is 0 Å². The van der Waals surface area contributed by atoms with Crippen LogP contribution in [0.4, 0.5) is 0 Å². The van der Waals surface area contributed by atoms with Gasteiger partial charge in [0.25, 0.3) is 0 Å². The molecule has 0 heteroatoms. The van der Waals surface area contributed by atoms with Crippen LogP contribution in [0.25, 0.3) is 0 Å². The average molecular weight is 240 g/mol. The molecule has 0 radical (unpaired) electrons. The monoisotopic (exact) mass is 240 g/mol. The lowest BCUT2D eigenvalue weighted by molar-refractivity contribution is 0.202. The van der Waals surface area contributed by atoms with Gasteiger partial charge in [0.1, 0.15) is 0 Å². The van der Waals surface area contributed by atoms with E-state index in [9.17, 15) is 0 Å². The summed E-state index contributed by atoms with van der Waals surface area (Å²) in [7, 11) is 0. The molecule has 18 heavy (non-hydrogen) atoms. The Kier molecular flexibility index (Phi) is 2.66. The van der Waals surface area contributed by atoms with Gasteiger partial charge in [-0.1, -0.05) is 42.4 Å². The van der Waals surface area contributed by atoms with Gasteiger partial charge >= 0.3 is 0 Å². The Bertz CT molecular complexity index is 498. The first kappa shape index (κ1) is 12.0. The molecule has 0 aromatic carbocycles. The summed E-state index contributed by atoms with van der Waals surface area (Å²) in [6.45, 7) is 11.1. The molecule has 0 nitrogen and oxygen atoms in total. The van der Waals surface area contributed by atoms with Crippen molar-refractivity contribution in [2.75, 3.05) is 0 Å². The fourth-order valence-electron chi connectivity index (χ4n) is 4.07. The van der Waals surface area contributed by atoms with E-state index in [1.165, 1.54) is 43.3 Å². The minimum Gasteiger partial charge on any atom is -0.0958 e. The summed E-state index contributed by atoms with van der Waals surface area (Å²) in [6.07, 6.45) is 11.5. The molecule has 4 aliphatic rings. The van der Waals surface area contributed by atoms with E-state index >= 15 is 0 Å². The Labute approximate surface area is 111 Å². The maximum atomic E-state index is 4.13. The molecule has 0 aromatic rings. The lowest BCUT2D eigenvalue weighted by Gasteiger charge is -2.50. The molecule has 2 atom stereocenters. The van der Waals surface area contributed by atoms with E-state index in [2.05, 4.69) is 39.5 Å². The van der Waals surface area contributed by atoms with E-state index in [1.807, 2.05) is 0 Å². The van der Waals surface area contributed by atoms with Gasteiger partial charge in [0.15, 0.2) is 0 Å². The molecule has 0 aromatic heterocycles. The smallest absolute Gasteiger partial charge is 0.00380 e. The third kappa shape index (κ3) is 1.74. The summed E-state index contributed by atoms with van der Waals surface area (Å²) in [6, 6.07) is 0. The van der Waals surface area contributed by atoms with Gasteiger partial charge in [-0.3, -0.25) is 0 Å². The van der Waals surface area contributed by atoms with Gasteiger partial charge in [-0.2, -0.15) is 0 Å². The van der Waals surface area contributed by atoms with E-state index in [0.717, 1.165) is 5.92 Å². The summed E-state index contributed by atoms with van der Waals surface area (Å²) in [5.74, 6) is 0.754. The molecule has 2 unspecified atom stereocenters. The van der Waals surface area contributed by atoms with E-state index in [0.29, 0.717) is 5.41 Å². The molecule has 1 saturated carbocycles. The standard InChI is InChI=1S/C18H24/c1-12(2)15-7-5-13(3)16(9-15)17-8-6-14-10-18(17,4)11-14/h9-10,17H,1,5-8,11H2,2-4H3. The van der Waals surface area contributed by atoms with Crippen LogP contribution in [-0.4, -0.2) is 0 Å². The minimum atomic E-state index is 0.457. The number of rotatable bonds is 2. The zero-order valence-electron chi connectivity index (χ0n) is 12.0. The Morgan fingerprint density at radius 1 is 1.33 bits per heavy atom. The van der Waals surface area contributed by atoms with Crippen LogP contribution in [0.5, 0.6) is 0 Å². The van der Waals surface area contributed by atoms with E-state index in [-0.39, 0.29) is 0 Å². The third-order valence-corrected chi connectivity index (χ3v) is 5.21. The quantitative estimate of drug-likeness (QED) is 0.571. The Morgan fingerprint density at radius 3 is 2.67 bits per heavy atom. The molecule has 0 spiro atoms. The zero-order chi connectivity index (χ0) is 12.9. The van der Waals surface area contributed by atoms with Crippen molar-refractivity contribution in [2.24, 2.45) is 11.3 Å². The Balaban J connectivity index is 1.96. The second kappa shape index (κ2) is 3.98. The molecule has 4 rings (SSSR count). The van der Waals surface area contributed by atoms with E-state index in [1.54, 1.807) is 16.7 Å². The van der Waals surface area contributed by atoms with Crippen molar-refractivity contribution in [3.05, 3.63) is 46.6 Å². The largest absolute Gasteiger partial charge is 0.0958 e. The predicted octanol–water partition coefficient (Wildman–Crippen LogP) is 5.35. The van der Waals surface area contributed by atoms with Crippen LogP contribution in [0.15, 0.2) is 46.6 Å². The highest BCUT2D eigenvalue weighted by atomic mass is 14.5. The van der Waals surface area contributed by atoms with Gasteiger partial charge < -0.3 is 0 Å². The van der Waals surface area contributed by atoms with Crippen molar-refractivity contribution < 1.29 is 0 Å². The van der Waals surface area contributed by atoms with Crippen LogP contribution in [0.2, 0.25) is 0 Å². The summed E-state index contributed by atoms with van der Waals surface area (Å²) in [5, 5.41) is 0. The lowest BCUT2D eigenvalue weighted by Crippen LogP contribution is -2.38. The molecule has 0 aliphatic heterocycles. The van der Waals surface area contributed by atoms with Gasteiger partial charge in [-0.05, 0) is 68.4 Å². The van der Waals surface area contributed by atoms with Crippen molar-refractivity contribution >= 4 is 0 Å². The lowest BCUT2D eigenvalue weighted by atomic mass is 9.55. The van der Waals surface area contributed by atoms with Crippen LogP contribution < -0.4 is 0 Å². The highest BCUT2D eigenvalue weighted by Gasteiger charge is 2.44. The first-order valence-corrected chi connectivity index (χ1v) is 7.26. The maximum Gasteiger partial charge on any atom is -0.00380 e. The molecular weight excluding hydrogens is 216 g/mol. The van der Waals surface area contributed by atoms with Gasteiger partial charge in [0.2, 0.25) is 0 Å². The van der Waals surface area contributed by atoms with Crippen LogP contribution in [0.3, 0.4) is 0 Å². The average Bonchev–Trinajstić information content (AvgIpc) is 2.28. The molecular formula is C18H24. The van der Waals surface area contributed by atoms with E-state index in [4.69, 9.17) is 0 Å². The Hall–Kier alpha value is -1.04. The zero-order valence-corrected chi connectivity index (χ0v) is 12.0. The fraction of sp³-hybridized carbons (Fsp3) is 0.556. The van der Waals surface area contributed by atoms with Gasteiger partial charge in [0.05, 0.1) is 0 Å². The van der Waals surface area contributed by atoms with Crippen molar-refractivity contribution in [1.29, 1.82) is 0 Å². The molecule has 96 valence electrons. The first-order valence-electron chi connectivity index (χ1n) is 7.26. The molecule has 4 aliphatic carbocycles. The number of hydrogen-bond donors (Lipinski definition) is 0. The van der Waals surface area contributed by atoms with E-state index < -0.39 is 0 Å². The maximum absolute atomic E-state index is 4.13. The highest BCUT2D eigenvalue weighted by Crippen LogP contribution is 2.56. The normalized spacial score (nSPS) is 34.7. The first-order chi connectivity index (χ1) is 8.49. The highest BCUT2D eigenvalue weighted by molar-refractivity contribution is 5.45. The van der Waals surface area contributed by atoms with Crippen LogP contribution in [0, 0.1) is 11.3 Å².